The van der Waals surface area contributed by atoms with Crippen molar-refractivity contribution in [3.8, 4) is 0 Å². The van der Waals surface area contributed by atoms with Crippen molar-refractivity contribution in [3.05, 3.63) is 72.8 Å². The molecule has 1 amide bonds. The van der Waals surface area contributed by atoms with Crippen molar-refractivity contribution in [1.29, 1.82) is 0 Å². The minimum atomic E-state index is -1.70. The number of hydrogen-bond donors (Lipinski definition) is 1. The molecule has 0 aliphatic heterocycles. The summed E-state index contributed by atoms with van der Waals surface area (Å²) in [6.07, 6.45) is -0.996. The lowest BCUT2D eigenvalue weighted by atomic mass is 9.87. The molecule has 2 aromatic heterocycles. The van der Waals surface area contributed by atoms with Crippen LogP contribution in [0.15, 0.2) is 41.1 Å². The van der Waals surface area contributed by atoms with Crippen molar-refractivity contribution in [3.63, 3.8) is 0 Å². The number of hydrogen-bond acceptors (Lipinski definition) is 11. The number of carbonyl (C=O) groups excluding carboxylic acids is 5. The molecule has 1 N–H and O–H groups in total. The number of ether oxygens (including phenoxy) is 3. The van der Waals surface area contributed by atoms with Crippen LogP contribution in [0.4, 0.5) is 0 Å². The minimum absolute atomic E-state index is 0.104. The standard InChI is InChI=1S/C31H33ClN2O8S2/c1-4-40-31(39)25-16-44-30(34-25)23-10-7-9-22(23)26(37)27(41-17(2)35)28(42-18(3)36)29(38)33-14-21-13-19(15-43-21)12-20-8-5-6-11-24(20)32/h5-6,8,11,13,15-16,22-23,27-28H,4,7,9-10,12,14H2,1-3H3,(H,33,38)/t22?,23-,27-,28+/m0/s1. The zero-order valence-corrected chi connectivity index (χ0v) is 26.9. The summed E-state index contributed by atoms with van der Waals surface area (Å²) >= 11 is 8.96. The first-order chi connectivity index (χ1) is 21.1. The van der Waals surface area contributed by atoms with Gasteiger partial charge < -0.3 is 19.5 Å². The number of amides is 1. The lowest BCUT2D eigenvalue weighted by molar-refractivity contribution is -0.175. The Hall–Kier alpha value is -3.61. The maximum absolute atomic E-state index is 13.9. The summed E-state index contributed by atoms with van der Waals surface area (Å²) in [6.45, 7) is 4.24. The minimum Gasteiger partial charge on any atom is -0.461 e. The van der Waals surface area contributed by atoms with Crippen molar-refractivity contribution in [2.24, 2.45) is 5.92 Å². The molecule has 0 radical (unpaired) electrons. The Morgan fingerprint density at radius 2 is 1.75 bits per heavy atom. The molecule has 1 aliphatic carbocycles. The van der Waals surface area contributed by atoms with Gasteiger partial charge in [0, 0.05) is 41.0 Å². The Morgan fingerprint density at radius 3 is 2.45 bits per heavy atom. The Labute approximate surface area is 268 Å². The van der Waals surface area contributed by atoms with E-state index in [4.69, 9.17) is 25.8 Å². The number of thiazole rings is 1. The first kappa shape index (κ1) is 33.3. The number of ketones is 1. The predicted octanol–water partition coefficient (Wildman–Crippen LogP) is 5.26. The number of aromatic nitrogens is 1. The number of halogens is 1. The summed E-state index contributed by atoms with van der Waals surface area (Å²) < 4.78 is 15.7. The van der Waals surface area contributed by atoms with Gasteiger partial charge >= 0.3 is 17.9 Å². The zero-order valence-electron chi connectivity index (χ0n) is 24.5. The zero-order chi connectivity index (χ0) is 31.8. The molecule has 1 saturated carbocycles. The van der Waals surface area contributed by atoms with Gasteiger partial charge in [-0.25, -0.2) is 9.78 Å². The van der Waals surface area contributed by atoms with Crippen LogP contribution >= 0.6 is 34.3 Å². The van der Waals surface area contributed by atoms with Gasteiger partial charge in [-0.1, -0.05) is 36.2 Å². The van der Waals surface area contributed by atoms with Crippen LogP contribution < -0.4 is 5.32 Å². The lowest BCUT2D eigenvalue weighted by Crippen LogP contribution is -2.51. The Balaban J connectivity index is 1.49. The fourth-order valence-electron chi connectivity index (χ4n) is 5.19. The van der Waals surface area contributed by atoms with Gasteiger partial charge in [-0.3, -0.25) is 19.2 Å². The number of nitrogens with one attached hydrogen (secondary N) is 1. The second-order valence-electron chi connectivity index (χ2n) is 10.3. The molecule has 3 aromatic rings. The van der Waals surface area contributed by atoms with Gasteiger partial charge in [-0.2, -0.15) is 0 Å². The predicted molar refractivity (Wildman–Crippen MR) is 165 cm³/mol. The summed E-state index contributed by atoms with van der Waals surface area (Å²) in [5.74, 6) is -4.51. The molecule has 4 atom stereocenters. The third-order valence-corrected chi connectivity index (χ3v) is 9.43. The summed E-state index contributed by atoms with van der Waals surface area (Å²) in [5.41, 5.74) is 2.14. The summed E-state index contributed by atoms with van der Waals surface area (Å²) in [7, 11) is 0. The first-order valence-corrected chi connectivity index (χ1v) is 16.3. The third kappa shape index (κ3) is 8.52. The number of benzene rings is 1. The van der Waals surface area contributed by atoms with E-state index in [-0.39, 0.29) is 24.8 Å². The van der Waals surface area contributed by atoms with Crippen molar-refractivity contribution >= 4 is 63.9 Å². The number of nitrogens with zero attached hydrogens (tertiary/aromatic N) is 1. The molecule has 1 fully saturated rings. The Morgan fingerprint density at radius 1 is 1.02 bits per heavy atom. The average Bonchev–Trinajstić information content (AvgIpc) is 3.75. The fraction of sp³-hybridized carbons (Fsp3) is 0.419. The monoisotopic (exact) mass is 660 g/mol. The van der Waals surface area contributed by atoms with Crippen molar-refractivity contribution in [1.82, 2.24) is 10.3 Å². The van der Waals surface area contributed by atoms with Crippen LogP contribution in [0.1, 0.15) is 77.5 Å². The molecule has 1 aliphatic rings. The van der Waals surface area contributed by atoms with E-state index in [0.717, 1.165) is 29.9 Å². The molecule has 0 spiro atoms. The lowest BCUT2D eigenvalue weighted by Gasteiger charge is -2.28. The molecule has 1 aromatic carbocycles. The number of rotatable bonds is 13. The molecule has 2 heterocycles. The van der Waals surface area contributed by atoms with E-state index in [0.29, 0.717) is 35.7 Å². The Kier molecular flexibility index (Phi) is 11.7. The first-order valence-electron chi connectivity index (χ1n) is 14.2. The van der Waals surface area contributed by atoms with Gasteiger partial charge in [-0.05, 0) is 54.8 Å². The van der Waals surface area contributed by atoms with Crippen LogP contribution in [-0.2, 0) is 46.4 Å². The van der Waals surface area contributed by atoms with E-state index in [2.05, 4.69) is 10.3 Å². The van der Waals surface area contributed by atoms with E-state index in [1.54, 1.807) is 12.3 Å². The van der Waals surface area contributed by atoms with Crippen LogP contribution in [0, 0.1) is 5.92 Å². The van der Waals surface area contributed by atoms with E-state index >= 15 is 0 Å². The quantitative estimate of drug-likeness (QED) is 0.192. The number of carbonyl (C=O) groups is 5. The third-order valence-electron chi connectivity index (χ3n) is 7.10. The maximum atomic E-state index is 13.9. The summed E-state index contributed by atoms with van der Waals surface area (Å²) in [5, 5.41) is 7.51. The summed E-state index contributed by atoms with van der Waals surface area (Å²) in [6, 6.07) is 9.48. The number of Topliss-reactive ketones (excluding diaryl/α,β-unsaturated/α-hetero) is 1. The van der Waals surface area contributed by atoms with Crippen molar-refractivity contribution < 1.29 is 38.2 Å². The highest BCUT2D eigenvalue weighted by Gasteiger charge is 2.46. The molecule has 1 unspecified atom stereocenters. The van der Waals surface area contributed by atoms with Gasteiger partial charge in [0.1, 0.15) is 0 Å². The van der Waals surface area contributed by atoms with E-state index < -0.39 is 47.7 Å². The fourth-order valence-corrected chi connectivity index (χ4v) is 7.21. The highest BCUT2D eigenvalue weighted by Crippen LogP contribution is 2.42. The molecule has 0 saturated heterocycles. The topological polar surface area (TPSA) is 138 Å². The van der Waals surface area contributed by atoms with Gasteiger partial charge in [0.15, 0.2) is 11.5 Å². The van der Waals surface area contributed by atoms with Crippen molar-refractivity contribution in [2.45, 2.75) is 71.1 Å². The molecule has 4 rings (SSSR count). The SMILES string of the molecule is CCOC(=O)c1csc([C@H]2CCCC2C(=O)[C@H](OC(C)=O)[C@@H](OC(C)=O)C(=O)NCc2cc(Cc3ccccc3Cl)cs2)n1. The smallest absolute Gasteiger partial charge is 0.357 e. The molecule has 10 nitrogen and oxygen atoms in total. The molecular formula is C31H33ClN2O8S2. The number of esters is 3. The molecular weight excluding hydrogens is 628 g/mol. The van der Waals surface area contributed by atoms with Crippen LogP contribution in [0.25, 0.3) is 0 Å². The maximum Gasteiger partial charge on any atom is 0.357 e. The van der Waals surface area contributed by atoms with E-state index in [1.807, 2.05) is 35.7 Å². The van der Waals surface area contributed by atoms with Crippen LogP contribution in [0.5, 0.6) is 0 Å². The second-order valence-corrected chi connectivity index (χ2v) is 12.6. The largest absolute Gasteiger partial charge is 0.461 e. The molecule has 234 valence electrons. The van der Waals surface area contributed by atoms with Crippen molar-refractivity contribution in [2.75, 3.05) is 6.61 Å². The highest BCUT2D eigenvalue weighted by molar-refractivity contribution is 7.10. The number of thiophene rings is 1. The molecule has 13 heteroatoms. The second kappa shape index (κ2) is 15.4. The van der Waals surface area contributed by atoms with Crippen LogP contribution in [0.2, 0.25) is 5.02 Å². The molecule has 0 bridgehead atoms. The highest BCUT2D eigenvalue weighted by atomic mass is 35.5. The summed E-state index contributed by atoms with van der Waals surface area (Å²) in [4.78, 5) is 68.9. The van der Waals surface area contributed by atoms with E-state index in [1.165, 1.54) is 22.7 Å². The van der Waals surface area contributed by atoms with Gasteiger partial charge in [0.05, 0.1) is 18.2 Å². The van der Waals surface area contributed by atoms with Gasteiger partial charge in [-0.15, -0.1) is 22.7 Å². The van der Waals surface area contributed by atoms with Crippen LogP contribution in [0.3, 0.4) is 0 Å². The average molecular weight is 661 g/mol. The van der Waals surface area contributed by atoms with Gasteiger partial charge in [0.2, 0.25) is 12.2 Å². The normalized spacial score (nSPS) is 17.4. The Bertz CT molecular complexity index is 1520. The van der Waals surface area contributed by atoms with Gasteiger partial charge in [0.25, 0.3) is 5.91 Å². The van der Waals surface area contributed by atoms with E-state index in [9.17, 15) is 24.0 Å². The molecule has 44 heavy (non-hydrogen) atoms. The van der Waals surface area contributed by atoms with Crippen LogP contribution in [-0.4, -0.2) is 53.4 Å².